The molecule has 112 valence electrons. The van der Waals surface area contributed by atoms with Crippen LogP contribution in [0, 0.1) is 0 Å². The number of benzene rings is 2. The van der Waals surface area contributed by atoms with Crippen molar-refractivity contribution in [3.05, 3.63) is 42.5 Å². The Morgan fingerprint density at radius 1 is 1.19 bits per heavy atom. The molecule has 2 aromatic carbocycles. The average molecular weight is 322 g/mol. The van der Waals surface area contributed by atoms with Crippen molar-refractivity contribution in [3.63, 3.8) is 0 Å². The van der Waals surface area contributed by atoms with E-state index < -0.39 is 10.0 Å². The molecule has 0 fully saturated rings. The summed E-state index contributed by atoms with van der Waals surface area (Å²) in [6.45, 7) is 3.65. The Morgan fingerprint density at radius 2 is 1.81 bits per heavy atom. The summed E-state index contributed by atoms with van der Waals surface area (Å²) in [6, 6.07) is 12.4. The van der Waals surface area contributed by atoms with E-state index in [1.165, 1.54) is 4.31 Å². The van der Waals surface area contributed by atoms with Crippen LogP contribution in [0.25, 0.3) is 10.8 Å². The van der Waals surface area contributed by atoms with Gasteiger partial charge in [-0.05, 0) is 25.3 Å². The maximum Gasteiger partial charge on any atom is 0.244 e. The number of rotatable bonds is 5. The van der Waals surface area contributed by atoms with Crippen LogP contribution in [-0.4, -0.2) is 30.3 Å². The number of fused-ring (bicyclic) bond motifs is 1. The highest BCUT2D eigenvalue weighted by Gasteiger charge is 2.28. The molecule has 0 amide bonds. The predicted molar refractivity (Wildman–Crippen MR) is 89.8 cm³/mol. The van der Waals surface area contributed by atoms with Gasteiger partial charge >= 0.3 is 0 Å². The number of thiocarbonyl (C=S) groups is 1. The average Bonchev–Trinajstić information content (AvgIpc) is 2.43. The third kappa shape index (κ3) is 3.23. The third-order valence-corrected chi connectivity index (χ3v) is 5.43. The lowest BCUT2D eigenvalue weighted by molar-refractivity contribution is 0.391. The molecule has 2 N–H and O–H groups in total. The lowest BCUT2D eigenvalue weighted by Gasteiger charge is -2.26. The summed E-state index contributed by atoms with van der Waals surface area (Å²) < 4.78 is 27.2. The maximum atomic E-state index is 12.9. The second-order valence-corrected chi connectivity index (χ2v) is 7.47. The Bertz CT molecular complexity index is 765. The van der Waals surface area contributed by atoms with Crippen LogP contribution in [0.4, 0.5) is 0 Å². The minimum absolute atomic E-state index is 0.0402. The van der Waals surface area contributed by atoms with E-state index in [2.05, 4.69) is 0 Å². The first kappa shape index (κ1) is 15.9. The van der Waals surface area contributed by atoms with Crippen molar-refractivity contribution in [1.82, 2.24) is 4.31 Å². The van der Waals surface area contributed by atoms with E-state index in [0.717, 1.165) is 5.39 Å². The van der Waals surface area contributed by atoms with E-state index >= 15 is 0 Å². The number of nitrogens with zero attached hydrogens (tertiary/aromatic N) is 1. The van der Waals surface area contributed by atoms with Crippen molar-refractivity contribution in [2.45, 2.75) is 24.8 Å². The summed E-state index contributed by atoms with van der Waals surface area (Å²) in [6.07, 6.45) is 0. The standard InChI is InChI=1S/C15H18N2O2S2/c1-11(2)17(10-15(16)20)21(18,19)14-9-5-7-12-6-3-4-8-13(12)14/h3-9,11H,10H2,1-2H3,(H2,16,20). The molecule has 0 unspecified atom stereocenters. The monoisotopic (exact) mass is 322 g/mol. The molecule has 2 rings (SSSR count). The Kier molecular flexibility index (Phi) is 4.61. The first-order valence-electron chi connectivity index (χ1n) is 6.62. The number of sulfonamides is 1. The van der Waals surface area contributed by atoms with Crippen LogP contribution in [0.5, 0.6) is 0 Å². The van der Waals surface area contributed by atoms with Crippen LogP contribution in [0.3, 0.4) is 0 Å². The summed E-state index contributed by atoms with van der Waals surface area (Å²) in [5, 5.41) is 1.59. The third-order valence-electron chi connectivity index (χ3n) is 3.22. The van der Waals surface area contributed by atoms with Gasteiger partial charge in [-0.15, -0.1) is 0 Å². The van der Waals surface area contributed by atoms with Gasteiger partial charge in [0, 0.05) is 11.4 Å². The first-order valence-corrected chi connectivity index (χ1v) is 8.47. The zero-order chi connectivity index (χ0) is 15.6. The molecule has 0 aliphatic heterocycles. The quantitative estimate of drug-likeness (QED) is 0.859. The van der Waals surface area contributed by atoms with Crippen molar-refractivity contribution < 1.29 is 8.42 Å². The fourth-order valence-corrected chi connectivity index (χ4v) is 4.30. The second-order valence-electron chi connectivity index (χ2n) is 5.09. The van der Waals surface area contributed by atoms with E-state index in [1.54, 1.807) is 26.0 Å². The SMILES string of the molecule is CC(C)N(CC(N)=S)S(=O)(=O)c1cccc2ccccc12. The van der Waals surface area contributed by atoms with Crippen LogP contribution in [-0.2, 0) is 10.0 Å². The summed E-state index contributed by atoms with van der Waals surface area (Å²) in [4.78, 5) is 0.443. The van der Waals surface area contributed by atoms with E-state index in [0.29, 0.717) is 5.39 Å². The van der Waals surface area contributed by atoms with E-state index in [1.807, 2.05) is 30.3 Å². The van der Waals surface area contributed by atoms with Gasteiger partial charge in [-0.3, -0.25) is 0 Å². The molecule has 0 atom stereocenters. The summed E-state index contributed by atoms with van der Waals surface area (Å²) in [5.74, 6) is 0. The fraction of sp³-hybridized carbons (Fsp3) is 0.267. The van der Waals surface area contributed by atoms with Crippen LogP contribution in [0.2, 0.25) is 0 Å². The topological polar surface area (TPSA) is 63.4 Å². The molecule has 0 spiro atoms. The Morgan fingerprint density at radius 3 is 2.43 bits per heavy atom. The molecule has 0 heterocycles. The molecule has 21 heavy (non-hydrogen) atoms. The van der Waals surface area contributed by atoms with Gasteiger partial charge in [0.05, 0.1) is 16.4 Å². The maximum absolute atomic E-state index is 12.9. The van der Waals surface area contributed by atoms with Crippen LogP contribution in [0.1, 0.15) is 13.8 Å². The molecule has 0 saturated heterocycles. The molecule has 0 saturated carbocycles. The van der Waals surface area contributed by atoms with Gasteiger partial charge < -0.3 is 5.73 Å². The zero-order valence-corrected chi connectivity index (χ0v) is 13.6. The Balaban J connectivity index is 2.62. The summed E-state index contributed by atoms with van der Waals surface area (Å²) in [5.41, 5.74) is 5.54. The molecule has 4 nitrogen and oxygen atoms in total. The van der Waals surface area contributed by atoms with Crippen molar-refractivity contribution in [2.75, 3.05) is 6.54 Å². The van der Waals surface area contributed by atoms with Crippen LogP contribution >= 0.6 is 12.2 Å². The Hall–Kier alpha value is -1.50. The van der Waals surface area contributed by atoms with Crippen molar-refractivity contribution in [2.24, 2.45) is 5.73 Å². The molecule has 0 aromatic heterocycles. The number of hydrogen-bond donors (Lipinski definition) is 1. The largest absolute Gasteiger partial charge is 0.392 e. The highest BCUT2D eigenvalue weighted by Crippen LogP contribution is 2.26. The van der Waals surface area contributed by atoms with Gasteiger partial charge in [-0.2, -0.15) is 4.31 Å². The van der Waals surface area contributed by atoms with Gasteiger partial charge in [-0.1, -0.05) is 48.6 Å². The predicted octanol–water partition coefficient (Wildman–Crippen LogP) is 2.53. The summed E-state index contributed by atoms with van der Waals surface area (Å²) in [7, 11) is -3.66. The van der Waals surface area contributed by atoms with E-state index in [9.17, 15) is 8.42 Å². The normalized spacial score (nSPS) is 12.2. The summed E-state index contributed by atoms with van der Waals surface area (Å²) >= 11 is 4.88. The molecule has 6 heteroatoms. The lowest BCUT2D eigenvalue weighted by Crippen LogP contribution is -2.42. The van der Waals surface area contributed by atoms with E-state index in [-0.39, 0.29) is 22.5 Å². The van der Waals surface area contributed by atoms with Crippen LogP contribution < -0.4 is 5.73 Å². The molecular weight excluding hydrogens is 304 g/mol. The van der Waals surface area contributed by atoms with Gasteiger partial charge in [0.1, 0.15) is 0 Å². The van der Waals surface area contributed by atoms with Crippen LogP contribution in [0.15, 0.2) is 47.4 Å². The minimum atomic E-state index is -3.66. The van der Waals surface area contributed by atoms with Gasteiger partial charge in [-0.25, -0.2) is 8.42 Å². The van der Waals surface area contributed by atoms with Crippen molar-refractivity contribution in [1.29, 1.82) is 0 Å². The van der Waals surface area contributed by atoms with Gasteiger partial charge in [0.2, 0.25) is 10.0 Å². The van der Waals surface area contributed by atoms with Gasteiger partial charge in [0.15, 0.2) is 0 Å². The van der Waals surface area contributed by atoms with Crippen molar-refractivity contribution >= 4 is 38.0 Å². The fourth-order valence-electron chi connectivity index (χ4n) is 2.25. The highest BCUT2D eigenvalue weighted by molar-refractivity contribution is 7.89. The molecule has 2 aromatic rings. The lowest BCUT2D eigenvalue weighted by atomic mass is 10.1. The minimum Gasteiger partial charge on any atom is -0.392 e. The number of hydrogen-bond acceptors (Lipinski definition) is 3. The van der Waals surface area contributed by atoms with Crippen molar-refractivity contribution in [3.8, 4) is 0 Å². The highest BCUT2D eigenvalue weighted by atomic mass is 32.2. The Labute approximate surface area is 130 Å². The molecule has 0 radical (unpaired) electrons. The molecule has 0 aliphatic rings. The first-order chi connectivity index (χ1) is 9.84. The molecule has 0 aliphatic carbocycles. The zero-order valence-electron chi connectivity index (χ0n) is 12.0. The van der Waals surface area contributed by atoms with E-state index in [4.69, 9.17) is 18.0 Å². The smallest absolute Gasteiger partial charge is 0.244 e. The van der Waals surface area contributed by atoms with Gasteiger partial charge in [0.25, 0.3) is 0 Å². The molecular formula is C15H18N2O2S2. The number of nitrogens with two attached hydrogens (primary N) is 1. The second kappa shape index (κ2) is 6.09. The molecule has 0 bridgehead atoms.